The molecule has 0 bridgehead atoms. The molecule has 0 aliphatic rings. The van der Waals surface area contributed by atoms with Crippen LogP contribution in [0.5, 0.6) is 5.75 Å². The Morgan fingerprint density at radius 2 is 1.66 bits per heavy atom. The molecule has 2 rings (SSSR count). The zero-order valence-corrected chi connectivity index (χ0v) is 23.3. The number of rotatable bonds is 13. The molecule has 0 radical (unpaired) electrons. The molecule has 0 spiro atoms. The maximum atomic E-state index is 13.2. The van der Waals surface area contributed by atoms with Crippen molar-refractivity contribution in [1.82, 2.24) is 19.7 Å². The van der Waals surface area contributed by atoms with Gasteiger partial charge in [0, 0.05) is 18.5 Å². The lowest BCUT2D eigenvalue weighted by atomic mass is 9.97. The Balaban J connectivity index is 0.00000298. The van der Waals surface area contributed by atoms with Crippen LogP contribution >= 0.6 is 0 Å². The van der Waals surface area contributed by atoms with Gasteiger partial charge in [-0.2, -0.15) is 0 Å². The molecule has 2 aromatic rings. The molecule has 1 aromatic heterocycles. The van der Waals surface area contributed by atoms with Gasteiger partial charge in [0.1, 0.15) is 22.8 Å². The summed E-state index contributed by atoms with van der Waals surface area (Å²) in [5.74, 6) is -0.0946. The molecule has 1 unspecified atom stereocenters. The summed E-state index contributed by atoms with van der Waals surface area (Å²) >= 11 is 0. The molecular weight excluding hydrogens is 462 g/mol. The first-order valence-electron chi connectivity index (χ1n) is 12.5. The number of benzene rings is 1. The number of quaternary nitrogens is 1. The molecule has 0 amide bonds. The molecule has 0 saturated carbocycles. The Morgan fingerprint density at radius 1 is 1.11 bits per heavy atom. The van der Waals surface area contributed by atoms with Crippen LogP contribution in [0.1, 0.15) is 77.3 Å². The highest BCUT2D eigenvalue weighted by atomic mass is 32.2. The first kappa shape index (κ1) is 30.5. The fourth-order valence-electron chi connectivity index (χ4n) is 3.54. The van der Waals surface area contributed by atoms with E-state index < -0.39 is 10.0 Å². The molecule has 0 aliphatic carbocycles. The first-order chi connectivity index (χ1) is 16.6. The summed E-state index contributed by atoms with van der Waals surface area (Å²) in [7, 11) is -1.62. The SMILES string of the molecule is C=Cc1nn(-c2cc(S(=O)(=O)NCCC[N+](C)(CC)CC)cc(C(C)CC)c2O)nc1C=C.CC. The lowest BCUT2D eigenvalue weighted by Gasteiger charge is -2.32. The van der Waals surface area contributed by atoms with Crippen molar-refractivity contribution in [3.8, 4) is 11.4 Å². The Kier molecular flexibility index (Phi) is 11.8. The first-order valence-corrected chi connectivity index (χ1v) is 14.0. The average molecular weight is 507 g/mol. The smallest absolute Gasteiger partial charge is 0.240 e. The molecule has 1 aromatic carbocycles. The molecule has 1 atom stereocenters. The summed E-state index contributed by atoms with van der Waals surface area (Å²) in [5.41, 5.74) is 1.72. The molecule has 0 fully saturated rings. The van der Waals surface area contributed by atoms with E-state index in [-0.39, 0.29) is 22.3 Å². The van der Waals surface area contributed by atoms with Crippen molar-refractivity contribution in [1.29, 1.82) is 0 Å². The van der Waals surface area contributed by atoms with E-state index in [2.05, 4.69) is 49.0 Å². The van der Waals surface area contributed by atoms with Gasteiger partial charge >= 0.3 is 0 Å². The van der Waals surface area contributed by atoms with Crippen molar-refractivity contribution in [3.63, 3.8) is 0 Å². The Hall–Kier alpha value is -2.49. The van der Waals surface area contributed by atoms with Crippen LogP contribution in [0.25, 0.3) is 17.8 Å². The number of aromatic hydroxyl groups is 1. The van der Waals surface area contributed by atoms with Gasteiger partial charge in [-0.25, -0.2) is 13.1 Å². The van der Waals surface area contributed by atoms with E-state index in [0.29, 0.717) is 23.5 Å². The fraction of sp³-hybridized carbons (Fsp3) is 0.538. The second kappa shape index (κ2) is 13.6. The monoisotopic (exact) mass is 506 g/mol. The largest absolute Gasteiger partial charge is 0.505 e. The fourth-order valence-corrected chi connectivity index (χ4v) is 4.66. The predicted molar refractivity (Wildman–Crippen MR) is 145 cm³/mol. The van der Waals surface area contributed by atoms with Gasteiger partial charge < -0.3 is 9.59 Å². The average Bonchev–Trinajstić information content (AvgIpc) is 3.30. The third kappa shape index (κ3) is 7.49. The highest BCUT2D eigenvalue weighted by molar-refractivity contribution is 7.89. The maximum absolute atomic E-state index is 13.2. The molecule has 2 N–H and O–H groups in total. The van der Waals surface area contributed by atoms with Gasteiger partial charge in [0.2, 0.25) is 10.0 Å². The van der Waals surface area contributed by atoms with Gasteiger partial charge in [-0.3, -0.25) is 0 Å². The summed E-state index contributed by atoms with van der Waals surface area (Å²) in [4.78, 5) is 1.31. The van der Waals surface area contributed by atoms with Crippen LogP contribution < -0.4 is 4.72 Å². The van der Waals surface area contributed by atoms with Gasteiger partial charge in [0.25, 0.3) is 0 Å². The molecule has 0 saturated heterocycles. The minimum absolute atomic E-state index is 0.0384. The third-order valence-corrected chi connectivity index (χ3v) is 7.95. The number of aromatic nitrogens is 3. The van der Waals surface area contributed by atoms with Gasteiger partial charge in [-0.1, -0.05) is 40.9 Å². The van der Waals surface area contributed by atoms with Crippen molar-refractivity contribution in [2.75, 3.05) is 33.2 Å². The molecule has 8 nitrogen and oxygen atoms in total. The Labute approximate surface area is 212 Å². The second-order valence-corrected chi connectivity index (χ2v) is 10.4. The topological polar surface area (TPSA) is 97.1 Å². The molecule has 35 heavy (non-hydrogen) atoms. The Morgan fingerprint density at radius 3 is 2.11 bits per heavy atom. The minimum atomic E-state index is -3.79. The molecule has 196 valence electrons. The van der Waals surface area contributed by atoms with Crippen LogP contribution in [-0.2, 0) is 10.0 Å². The van der Waals surface area contributed by atoms with E-state index in [9.17, 15) is 13.5 Å². The van der Waals surface area contributed by atoms with Crippen LogP contribution in [0.2, 0.25) is 0 Å². The lowest BCUT2D eigenvalue weighted by Crippen LogP contribution is -2.45. The van der Waals surface area contributed by atoms with Crippen molar-refractivity contribution < 1.29 is 18.0 Å². The zero-order chi connectivity index (χ0) is 26.8. The maximum Gasteiger partial charge on any atom is 0.240 e. The molecule has 0 aliphatic heterocycles. The van der Waals surface area contributed by atoms with Crippen molar-refractivity contribution in [2.45, 2.75) is 65.2 Å². The van der Waals surface area contributed by atoms with E-state index in [0.717, 1.165) is 37.0 Å². The number of nitrogens with zero attached hydrogens (tertiary/aromatic N) is 4. The van der Waals surface area contributed by atoms with E-state index in [1.165, 1.54) is 23.0 Å². The van der Waals surface area contributed by atoms with Gasteiger partial charge in [-0.05, 0) is 50.5 Å². The number of hydrogen-bond donors (Lipinski definition) is 2. The van der Waals surface area contributed by atoms with Gasteiger partial charge in [0.05, 0.1) is 31.6 Å². The number of phenolic OH excluding ortho intramolecular Hbond substituents is 1. The van der Waals surface area contributed by atoms with Crippen LogP contribution in [0.4, 0.5) is 0 Å². The third-order valence-electron chi connectivity index (χ3n) is 6.51. The normalized spacial score (nSPS) is 12.5. The quantitative estimate of drug-likeness (QED) is 0.296. The van der Waals surface area contributed by atoms with Crippen LogP contribution in [-0.4, -0.2) is 66.2 Å². The zero-order valence-electron chi connectivity index (χ0n) is 22.5. The summed E-state index contributed by atoms with van der Waals surface area (Å²) in [6.07, 6.45) is 4.53. The summed E-state index contributed by atoms with van der Waals surface area (Å²) in [5, 5.41) is 19.6. The van der Waals surface area contributed by atoms with Crippen molar-refractivity contribution >= 4 is 22.2 Å². The van der Waals surface area contributed by atoms with Gasteiger partial charge in [0.15, 0.2) is 0 Å². The minimum Gasteiger partial charge on any atom is -0.505 e. The highest BCUT2D eigenvalue weighted by Crippen LogP contribution is 2.35. The van der Waals surface area contributed by atoms with Gasteiger partial charge in [-0.15, -0.1) is 15.0 Å². The number of phenols is 1. The standard InChI is InChI=1S/C24H37N5O3S.C2H6/c1-8-18(6)20-16-19(33(31,32)25-14-13-15-29(7,11-4)12-5)17-23(24(20)30)28-26-21(9-2)22(10-3)27-28;1-2/h9-10,16-18,25H,2-3,8,11-15H2,1,4-7H3;1-2H3/p+1. The summed E-state index contributed by atoms with van der Waals surface area (Å²) < 4.78 is 29.9. The Bertz CT molecular complexity index is 1060. The summed E-state index contributed by atoms with van der Waals surface area (Å²) in [6, 6.07) is 2.95. The van der Waals surface area contributed by atoms with Crippen LogP contribution in [0.15, 0.2) is 30.2 Å². The van der Waals surface area contributed by atoms with Crippen LogP contribution in [0.3, 0.4) is 0 Å². The summed E-state index contributed by atoms with van der Waals surface area (Å²) in [6.45, 7) is 22.9. The van der Waals surface area contributed by atoms with E-state index in [1.54, 1.807) is 6.07 Å². The molecule has 9 heteroatoms. The lowest BCUT2D eigenvalue weighted by molar-refractivity contribution is -0.906. The number of nitrogens with one attached hydrogen (secondary N) is 1. The number of hydrogen-bond acceptors (Lipinski definition) is 5. The second-order valence-electron chi connectivity index (χ2n) is 8.58. The van der Waals surface area contributed by atoms with E-state index in [4.69, 9.17) is 0 Å². The highest BCUT2D eigenvalue weighted by Gasteiger charge is 2.24. The van der Waals surface area contributed by atoms with Crippen LogP contribution in [0, 0.1) is 0 Å². The predicted octanol–water partition coefficient (Wildman–Crippen LogP) is 4.95. The van der Waals surface area contributed by atoms with E-state index >= 15 is 0 Å². The molecule has 1 heterocycles. The van der Waals surface area contributed by atoms with Crippen molar-refractivity contribution in [2.24, 2.45) is 0 Å². The number of sulfonamides is 1. The van der Waals surface area contributed by atoms with Crippen molar-refractivity contribution in [3.05, 3.63) is 42.2 Å². The van der Waals surface area contributed by atoms with E-state index in [1.807, 2.05) is 27.7 Å². The molecular formula is C26H44N5O3S+.